The van der Waals surface area contributed by atoms with E-state index < -0.39 is 0 Å². The van der Waals surface area contributed by atoms with Gasteiger partial charge in [0.1, 0.15) is 5.82 Å². The lowest BCUT2D eigenvalue weighted by atomic mass is 10.1. The van der Waals surface area contributed by atoms with E-state index in [0.29, 0.717) is 17.5 Å². The van der Waals surface area contributed by atoms with E-state index in [9.17, 15) is 4.39 Å². The summed E-state index contributed by atoms with van der Waals surface area (Å²) in [6.45, 7) is 6.10. The van der Waals surface area contributed by atoms with Crippen molar-refractivity contribution in [1.29, 1.82) is 0 Å². The first-order chi connectivity index (χ1) is 8.06. The van der Waals surface area contributed by atoms with Gasteiger partial charge < -0.3 is 5.32 Å². The van der Waals surface area contributed by atoms with Crippen LogP contribution in [0.4, 0.5) is 10.1 Å². The summed E-state index contributed by atoms with van der Waals surface area (Å²) in [6.07, 6.45) is 0. The smallest absolute Gasteiger partial charge is 0.161 e. The maximum atomic E-state index is 13.4. The van der Waals surface area contributed by atoms with Crippen molar-refractivity contribution in [2.45, 2.75) is 26.8 Å². The van der Waals surface area contributed by atoms with Gasteiger partial charge in [-0.25, -0.2) is 4.39 Å². The molecule has 0 spiro atoms. The van der Waals surface area contributed by atoms with E-state index in [2.05, 4.69) is 24.2 Å². The number of rotatable bonds is 2. The largest absolute Gasteiger partial charge is 0.335 e. The van der Waals surface area contributed by atoms with Gasteiger partial charge in [-0.1, -0.05) is 31.7 Å². The quantitative estimate of drug-likeness (QED) is 0.868. The summed E-state index contributed by atoms with van der Waals surface area (Å²) >= 11 is 1.70. The summed E-state index contributed by atoms with van der Waals surface area (Å²) in [7, 11) is 0. The molecular weight excluding hydrogens is 235 g/mol. The van der Waals surface area contributed by atoms with Crippen molar-refractivity contribution < 1.29 is 4.39 Å². The fraction of sp³-hybridized carbons (Fsp3) is 0.462. The van der Waals surface area contributed by atoms with Crippen LogP contribution in [0, 0.1) is 18.7 Å². The lowest BCUT2D eigenvalue weighted by molar-refractivity contribution is 0.543. The van der Waals surface area contributed by atoms with Crippen LogP contribution in [0.1, 0.15) is 19.4 Å². The minimum absolute atomic E-state index is 0.181. The molecule has 1 aliphatic rings. The van der Waals surface area contributed by atoms with E-state index >= 15 is 0 Å². The van der Waals surface area contributed by atoms with Gasteiger partial charge in [-0.3, -0.25) is 4.99 Å². The summed E-state index contributed by atoms with van der Waals surface area (Å²) in [5.41, 5.74) is 1.43. The Balaban J connectivity index is 2.06. The zero-order valence-corrected chi connectivity index (χ0v) is 11.1. The molecular formula is C13H17FN2S. The van der Waals surface area contributed by atoms with Gasteiger partial charge in [0.05, 0.1) is 6.04 Å². The van der Waals surface area contributed by atoms with Gasteiger partial charge in [-0.2, -0.15) is 0 Å². The molecule has 4 heteroatoms. The number of hydrogen-bond donors (Lipinski definition) is 1. The third kappa shape index (κ3) is 3.00. The van der Waals surface area contributed by atoms with E-state index in [0.717, 1.165) is 16.6 Å². The van der Waals surface area contributed by atoms with Gasteiger partial charge in [0, 0.05) is 11.4 Å². The predicted molar refractivity (Wildman–Crippen MR) is 73.3 cm³/mol. The standard InChI is InChI=1S/C13H17FN2S/c1-8(2)12-7-17-13(16-12)15-10-5-4-9(3)11(14)6-10/h4-6,8,12H,7H2,1-3H3,(H,15,16). The topological polar surface area (TPSA) is 24.4 Å². The Morgan fingerprint density at radius 3 is 2.82 bits per heavy atom. The Morgan fingerprint density at radius 1 is 1.47 bits per heavy atom. The average molecular weight is 252 g/mol. The first-order valence-electron chi connectivity index (χ1n) is 5.80. The van der Waals surface area contributed by atoms with Gasteiger partial charge in [0.15, 0.2) is 5.17 Å². The SMILES string of the molecule is Cc1ccc(NC2=NC(C(C)C)CS2)cc1F. The van der Waals surface area contributed by atoms with Crippen LogP contribution in [0.5, 0.6) is 0 Å². The summed E-state index contributed by atoms with van der Waals surface area (Å²) in [5.74, 6) is 1.38. The highest BCUT2D eigenvalue weighted by Crippen LogP contribution is 2.24. The maximum Gasteiger partial charge on any atom is 0.161 e. The maximum absolute atomic E-state index is 13.4. The van der Waals surface area contributed by atoms with Crippen LogP contribution in [0.3, 0.4) is 0 Å². The third-order valence-corrected chi connectivity index (χ3v) is 3.86. The summed E-state index contributed by atoms with van der Waals surface area (Å²) in [5, 5.41) is 4.06. The van der Waals surface area contributed by atoms with Crippen LogP contribution in [0.25, 0.3) is 0 Å². The normalized spacial score (nSPS) is 19.6. The fourth-order valence-electron chi connectivity index (χ4n) is 1.59. The van der Waals surface area contributed by atoms with Crippen molar-refractivity contribution in [1.82, 2.24) is 0 Å². The number of nitrogens with one attached hydrogen (secondary N) is 1. The molecule has 0 radical (unpaired) electrons. The van der Waals surface area contributed by atoms with E-state index in [4.69, 9.17) is 0 Å². The fourth-order valence-corrected chi connectivity index (χ4v) is 2.78. The Labute approximate surface area is 106 Å². The number of aryl methyl sites for hydroxylation is 1. The molecule has 1 heterocycles. The second-order valence-corrected chi connectivity index (χ2v) is 5.65. The number of amidine groups is 1. The molecule has 0 amide bonds. The van der Waals surface area contributed by atoms with Crippen LogP contribution < -0.4 is 5.32 Å². The zero-order chi connectivity index (χ0) is 12.4. The lowest BCUT2D eigenvalue weighted by Crippen LogP contribution is -2.12. The molecule has 0 fully saturated rings. The van der Waals surface area contributed by atoms with Gasteiger partial charge >= 0.3 is 0 Å². The molecule has 1 aromatic carbocycles. The number of benzene rings is 1. The monoisotopic (exact) mass is 252 g/mol. The molecule has 0 aromatic heterocycles. The molecule has 1 aliphatic heterocycles. The molecule has 17 heavy (non-hydrogen) atoms. The number of thioether (sulfide) groups is 1. The predicted octanol–water partition coefficient (Wildman–Crippen LogP) is 3.67. The Kier molecular flexibility index (Phi) is 3.72. The first kappa shape index (κ1) is 12.4. The minimum Gasteiger partial charge on any atom is -0.335 e. The number of halogens is 1. The Hall–Kier alpha value is -1.03. The number of hydrogen-bond acceptors (Lipinski definition) is 3. The van der Waals surface area contributed by atoms with Gasteiger partial charge in [0.2, 0.25) is 0 Å². The molecule has 92 valence electrons. The summed E-state index contributed by atoms with van der Waals surface area (Å²) < 4.78 is 13.4. The van der Waals surface area contributed by atoms with Crippen molar-refractivity contribution in [3.63, 3.8) is 0 Å². The summed E-state index contributed by atoms with van der Waals surface area (Å²) in [6, 6.07) is 5.54. The molecule has 2 nitrogen and oxygen atoms in total. The molecule has 2 rings (SSSR count). The zero-order valence-electron chi connectivity index (χ0n) is 10.3. The molecule has 1 N–H and O–H groups in total. The highest BCUT2D eigenvalue weighted by atomic mass is 32.2. The van der Waals surface area contributed by atoms with Gasteiger partial charge in [-0.05, 0) is 30.5 Å². The molecule has 1 atom stereocenters. The van der Waals surface area contributed by atoms with E-state index in [-0.39, 0.29) is 5.82 Å². The van der Waals surface area contributed by atoms with Crippen molar-refractivity contribution >= 4 is 22.6 Å². The van der Waals surface area contributed by atoms with Gasteiger partial charge in [-0.15, -0.1) is 0 Å². The van der Waals surface area contributed by atoms with E-state index in [1.54, 1.807) is 24.8 Å². The van der Waals surface area contributed by atoms with Crippen LogP contribution >= 0.6 is 11.8 Å². The number of aliphatic imine (C=N–C) groups is 1. The highest BCUT2D eigenvalue weighted by molar-refractivity contribution is 8.14. The number of anilines is 1. The number of nitrogens with zero attached hydrogens (tertiary/aromatic N) is 1. The second-order valence-electron chi connectivity index (χ2n) is 4.65. The molecule has 0 saturated carbocycles. The lowest BCUT2D eigenvalue weighted by Gasteiger charge is -2.08. The van der Waals surface area contributed by atoms with Crippen molar-refractivity contribution in [2.24, 2.45) is 10.9 Å². The molecule has 0 saturated heterocycles. The van der Waals surface area contributed by atoms with Gasteiger partial charge in [0.25, 0.3) is 0 Å². The molecule has 0 aliphatic carbocycles. The van der Waals surface area contributed by atoms with Crippen molar-refractivity contribution in [3.8, 4) is 0 Å². The summed E-state index contributed by atoms with van der Waals surface area (Å²) in [4.78, 5) is 4.58. The van der Waals surface area contributed by atoms with E-state index in [1.165, 1.54) is 6.07 Å². The average Bonchev–Trinajstić information content (AvgIpc) is 2.72. The molecule has 0 bridgehead atoms. The van der Waals surface area contributed by atoms with Crippen LogP contribution in [-0.2, 0) is 0 Å². The Morgan fingerprint density at radius 2 is 2.24 bits per heavy atom. The minimum atomic E-state index is -0.181. The molecule has 1 aromatic rings. The van der Waals surface area contributed by atoms with E-state index in [1.807, 2.05) is 6.07 Å². The Bertz CT molecular complexity index is 443. The van der Waals surface area contributed by atoms with Crippen LogP contribution in [0.2, 0.25) is 0 Å². The van der Waals surface area contributed by atoms with Crippen LogP contribution in [-0.4, -0.2) is 17.0 Å². The first-order valence-corrected chi connectivity index (χ1v) is 6.78. The molecule has 1 unspecified atom stereocenters. The van der Waals surface area contributed by atoms with Crippen molar-refractivity contribution in [2.75, 3.05) is 11.1 Å². The van der Waals surface area contributed by atoms with Crippen LogP contribution in [0.15, 0.2) is 23.2 Å². The second kappa shape index (κ2) is 5.08. The third-order valence-electron chi connectivity index (χ3n) is 2.87. The highest BCUT2D eigenvalue weighted by Gasteiger charge is 2.21. The van der Waals surface area contributed by atoms with Crippen molar-refractivity contribution in [3.05, 3.63) is 29.6 Å².